The van der Waals surface area contributed by atoms with Crippen molar-refractivity contribution >= 4 is 15.9 Å². The van der Waals surface area contributed by atoms with Crippen LogP contribution in [-0.2, 0) is 12.6 Å². The van der Waals surface area contributed by atoms with E-state index in [9.17, 15) is 5.11 Å². The Labute approximate surface area is 111 Å². The second kappa shape index (κ2) is 4.73. The standard InChI is InChI=1S/C13H21BrN2O/c1-9(2)10-5-4-6-13(17,7-10)12-11(14)8-15-16(12)3/h8-10,17H,4-7H2,1-3H3. The van der Waals surface area contributed by atoms with Crippen LogP contribution in [0, 0.1) is 11.8 Å². The van der Waals surface area contributed by atoms with Crippen molar-refractivity contribution < 1.29 is 5.11 Å². The quantitative estimate of drug-likeness (QED) is 0.911. The van der Waals surface area contributed by atoms with E-state index < -0.39 is 5.60 Å². The molecule has 1 aromatic heterocycles. The summed E-state index contributed by atoms with van der Waals surface area (Å²) >= 11 is 3.50. The van der Waals surface area contributed by atoms with Crippen LogP contribution < -0.4 is 0 Å². The lowest BCUT2D eigenvalue weighted by atomic mass is 9.72. The number of nitrogens with zero attached hydrogens (tertiary/aromatic N) is 2. The van der Waals surface area contributed by atoms with Crippen LogP contribution in [0.3, 0.4) is 0 Å². The predicted molar refractivity (Wildman–Crippen MR) is 71.6 cm³/mol. The maximum absolute atomic E-state index is 10.9. The first-order chi connectivity index (χ1) is 7.94. The minimum Gasteiger partial charge on any atom is -0.384 e. The lowest BCUT2D eigenvalue weighted by molar-refractivity contribution is -0.0364. The fourth-order valence-corrected chi connectivity index (χ4v) is 3.73. The first-order valence-electron chi connectivity index (χ1n) is 6.34. The van der Waals surface area contributed by atoms with E-state index in [1.807, 2.05) is 7.05 Å². The number of aromatic nitrogens is 2. The van der Waals surface area contributed by atoms with Gasteiger partial charge in [-0.3, -0.25) is 4.68 Å². The molecule has 3 nitrogen and oxygen atoms in total. The van der Waals surface area contributed by atoms with Crippen molar-refractivity contribution in [3.05, 3.63) is 16.4 Å². The van der Waals surface area contributed by atoms with Crippen LogP contribution in [0.15, 0.2) is 10.7 Å². The maximum Gasteiger partial charge on any atom is 0.108 e. The molecule has 0 radical (unpaired) electrons. The molecular weight excluding hydrogens is 280 g/mol. The summed E-state index contributed by atoms with van der Waals surface area (Å²) in [5.41, 5.74) is 0.222. The monoisotopic (exact) mass is 300 g/mol. The Morgan fingerprint density at radius 3 is 2.82 bits per heavy atom. The molecule has 17 heavy (non-hydrogen) atoms. The zero-order valence-electron chi connectivity index (χ0n) is 10.8. The van der Waals surface area contributed by atoms with Crippen molar-refractivity contribution in [3.63, 3.8) is 0 Å². The molecule has 1 aromatic rings. The molecule has 1 saturated carbocycles. The lowest BCUT2D eigenvalue weighted by Crippen LogP contribution is -2.36. The molecule has 1 aliphatic carbocycles. The van der Waals surface area contributed by atoms with E-state index in [2.05, 4.69) is 34.9 Å². The number of hydrogen-bond donors (Lipinski definition) is 1. The molecule has 4 heteroatoms. The van der Waals surface area contributed by atoms with Gasteiger partial charge in [-0.15, -0.1) is 0 Å². The molecule has 0 aliphatic heterocycles. The van der Waals surface area contributed by atoms with Gasteiger partial charge >= 0.3 is 0 Å². The van der Waals surface area contributed by atoms with Gasteiger partial charge in [-0.05, 0) is 53.4 Å². The van der Waals surface area contributed by atoms with E-state index >= 15 is 0 Å². The topological polar surface area (TPSA) is 38.1 Å². The van der Waals surface area contributed by atoms with Gasteiger partial charge in [0.15, 0.2) is 0 Å². The van der Waals surface area contributed by atoms with E-state index in [1.54, 1.807) is 10.9 Å². The Hall–Kier alpha value is -0.350. The highest BCUT2D eigenvalue weighted by atomic mass is 79.9. The molecule has 2 atom stereocenters. The van der Waals surface area contributed by atoms with Gasteiger partial charge in [0, 0.05) is 7.05 Å². The molecular formula is C13H21BrN2O. The SMILES string of the molecule is CC(C)C1CCCC(O)(c2c(Br)cnn2C)C1. The third-order valence-corrected chi connectivity index (χ3v) is 4.62. The highest BCUT2D eigenvalue weighted by Crippen LogP contribution is 2.44. The first-order valence-corrected chi connectivity index (χ1v) is 7.13. The fraction of sp³-hybridized carbons (Fsp3) is 0.769. The van der Waals surface area contributed by atoms with Crippen molar-refractivity contribution in [2.75, 3.05) is 0 Å². The van der Waals surface area contributed by atoms with Crippen LogP contribution in [0.1, 0.15) is 45.2 Å². The average molecular weight is 301 g/mol. The molecule has 0 saturated heterocycles. The minimum atomic E-state index is -0.711. The zero-order valence-corrected chi connectivity index (χ0v) is 12.4. The van der Waals surface area contributed by atoms with E-state index in [4.69, 9.17) is 0 Å². The van der Waals surface area contributed by atoms with E-state index in [0.717, 1.165) is 29.4 Å². The zero-order chi connectivity index (χ0) is 12.6. The van der Waals surface area contributed by atoms with Gasteiger partial charge in [-0.25, -0.2) is 0 Å². The van der Waals surface area contributed by atoms with E-state index in [0.29, 0.717) is 11.8 Å². The summed E-state index contributed by atoms with van der Waals surface area (Å²) in [6.45, 7) is 4.49. The molecule has 2 unspecified atom stereocenters. The minimum absolute atomic E-state index is 0.607. The van der Waals surface area contributed by atoms with Gasteiger partial charge in [0.1, 0.15) is 5.60 Å². The van der Waals surface area contributed by atoms with Gasteiger partial charge in [-0.2, -0.15) is 5.10 Å². The average Bonchev–Trinajstić information content (AvgIpc) is 2.59. The number of rotatable bonds is 2. The van der Waals surface area contributed by atoms with Crippen molar-refractivity contribution in [1.82, 2.24) is 9.78 Å². The number of aryl methyl sites for hydroxylation is 1. The van der Waals surface area contributed by atoms with E-state index in [-0.39, 0.29) is 0 Å². The molecule has 1 aliphatic rings. The van der Waals surface area contributed by atoms with Crippen molar-refractivity contribution in [3.8, 4) is 0 Å². The van der Waals surface area contributed by atoms with Crippen LogP contribution in [0.4, 0.5) is 0 Å². The van der Waals surface area contributed by atoms with Gasteiger partial charge in [0.05, 0.1) is 16.4 Å². The predicted octanol–water partition coefficient (Wildman–Crippen LogP) is 3.22. The molecule has 2 rings (SSSR count). The molecule has 1 fully saturated rings. The Morgan fingerprint density at radius 1 is 1.59 bits per heavy atom. The first kappa shape index (κ1) is 13.1. The Bertz CT molecular complexity index is 383. The van der Waals surface area contributed by atoms with Crippen molar-refractivity contribution in [1.29, 1.82) is 0 Å². The Balaban J connectivity index is 2.30. The molecule has 1 heterocycles. The van der Waals surface area contributed by atoms with Crippen LogP contribution in [0.5, 0.6) is 0 Å². The summed E-state index contributed by atoms with van der Waals surface area (Å²) in [5.74, 6) is 1.24. The van der Waals surface area contributed by atoms with Crippen molar-refractivity contribution in [2.24, 2.45) is 18.9 Å². The molecule has 0 amide bonds. The fourth-order valence-electron chi connectivity index (χ4n) is 3.01. The lowest BCUT2D eigenvalue weighted by Gasteiger charge is -2.38. The van der Waals surface area contributed by atoms with Gasteiger partial charge in [0.25, 0.3) is 0 Å². The van der Waals surface area contributed by atoms with Gasteiger partial charge in [-0.1, -0.05) is 13.8 Å². The number of aliphatic hydroxyl groups is 1. The molecule has 1 N–H and O–H groups in total. The normalized spacial score (nSPS) is 29.9. The summed E-state index contributed by atoms with van der Waals surface area (Å²) in [6, 6.07) is 0. The molecule has 96 valence electrons. The number of hydrogen-bond acceptors (Lipinski definition) is 2. The van der Waals surface area contributed by atoms with Crippen LogP contribution in [0.2, 0.25) is 0 Å². The summed E-state index contributed by atoms with van der Waals surface area (Å²) in [5, 5.41) is 15.1. The third-order valence-electron chi connectivity index (χ3n) is 4.04. The van der Waals surface area contributed by atoms with Crippen molar-refractivity contribution in [2.45, 2.75) is 45.1 Å². The molecule has 0 spiro atoms. The van der Waals surface area contributed by atoms with Gasteiger partial charge < -0.3 is 5.11 Å². The van der Waals surface area contributed by atoms with Crippen LogP contribution >= 0.6 is 15.9 Å². The largest absolute Gasteiger partial charge is 0.384 e. The second-order valence-electron chi connectivity index (χ2n) is 5.60. The van der Waals surface area contributed by atoms with E-state index in [1.165, 1.54) is 6.42 Å². The summed E-state index contributed by atoms with van der Waals surface area (Å²) in [4.78, 5) is 0. The third kappa shape index (κ3) is 2.43. The maximum atomic E-state index is 10.9. The Morgan fingerprint density at radius 2 is 2.29 bits per heavy atom. The van der Waals surface area contributed by atoms with Crippen LogP contribution in [0.25, 0.3) is 0 Å². The van der Waals surface area contributed by atoms with Crippen LogP contribution in [-0.4, -0.2) is 14.9 Å². The summed E-state index contributed by atoms with van der Waals surface area (Å²) < 4.78 is 2.72. The Kier molecular flexibility index (Phi) is 3.64. The highest BCUT2D eigenvalue weighted by molar-refractivity contribution is 9.10. The highest BCUT2D eigenvalue weighted by Gasteiger charge is 2.40. The second-order valence-corrected chi connectivity index (χ2v) is 6.45. The molecule has 0 aromatic carbocycles. The summed E-state index contributed by atoms with van der Waals surface area (Å²) in [6.07, 6.45) is 5.79. The smallest absolute Gasteiger partial charge is 0.108 e. The number of halogens is 1. The summed E-state index contributed by atoms with van der Waals surface area (Å²) in [7, 11) is 1.90. The van der Waals surface area contributed by atoms with Gasteiger partial charge in [0.2, 0.25) is 0 Å². The molecule has 0 bridgehead atoms.